The van der Waals surface area contributed by atoms with Crippen LogP contribution in [0.1, 0.15) is 22.4 Å². The summed E-state index contributed by atoms with van der Waals surface area (Å²) in [7, 11) is -3.76. The number of nitrogen functional groups attached to an aromatic ring is 1. The van der Waals surface area contributed by atoms with Gasteiger partial charge in [-0.15, -0.1) is 0 Å². The molecule has 0 amide bonds. The van der Waals surface area contributed by atoms with Crippen LogP contribution in [0, 0.1) is 27.7 Å². The van der Waals surface area contributed by atoms with Gasteiger partial charge in [0.05, 0.1) is 5.69 Å². The zero-order valence-electron chi connectivity index (χ0n) is 11.9. The van der Waals surface area contributed by atoms with Crippen LogP contribution < -0.4 is 10.5 Å². The highest BCUT2D eigenvalue weighted by atomic mass is 32.2. The van der Waals surface area contributed by atoms with Crippen molar-refractivity contribution in [3.05, 3.63) is 34.5 Å². The van der Waals surface area contributed by atoms with Crippen LogP contribution in [0.15, 0.2) is 17.0 Å². The summed E-state index contributed by atoms with van der Waals surface area (Å²) in [6, 6.07) is 3.40. The van der Waals surface area contributed by atoms with E-state index in [2.05, 4.69) is 14.9 Å². The SMILES string of the molecule is Cc1ccc(N)c(S(=O)(=O)Nc2n[nH]c(C)c2C)c1C. The van der Waals surface area contributed by atoms with Gasteiger partial charge < -0.3 is 5.73 Å². The van der Waals surface area contributed by atoms with Crippen molar-refractivity contribution in [3.63, 3.8) is 0 Å². The number of anilines is 2. The molecule has 1 aromatic carbocycles. The number of nitrogens with one attached hydrogen (secondary N) is 2. The van der Waals surface area contributed by atoms with Crippen molar-refractivity contribution in [1.82, 2.24) is 10.2 Å². The molecule has 0 unspecified atom stereocenters. The molecular formula is C13H18N4O2S. The number of aromatic amines is 1. The summed E-state index contributed by atoms with van der Waals surface area (Å²) in [4.78, 5) is 0.109. The Bertz CT molecular complexity index is 763. The van der Waals surface area contributed by atoms with Crippen molar-refractivity contribution in [3.8, 4) is 0 Å². The summed E-state index contributed by atoms with van der Waals surface area (Å²) in [5, 5.41) is 6.70. The normalized spacial score (nSPS) is 11.6. The van der Waals surface area contributed by atoms with Crippen LogP contribution in [0.2, 0.25) is 0 Å². The number of aryl methyl sites for hydroxylation is 2. The first kappa shape index (κ1) is 14.4. The van der Waals surface area contributed by atoms with Gasteiger partial charge in [-0.3, -0.25) is 9.82 Å². The Hall–Kier alpha value is -2.02. The maximum absolute atomic E-state index is 12.5. The number of hydrogen-bond acceptors (Lipinski definition) is 4. The third-order valence-electron chi connectivity index (χ3n) is 3.46. The molecule has 0 atom stereocenters. The van der Waals surface area contributed by atoms with Gasteiger partial charge in [0, 0.05) is 11.3 Å². The molecule has 7 heteroatoms. The van der Waals surface area contributed by atoms with Gasteiger partial charge in [-0.2, -0.15) is 5.10 Å². The summed E-state index contributed by atoms with van der Waals surface area (Å²) >= 11 is 0. The highest BCUT2D eigenvalue weighted by molar-refractivity contribution is 7.93. The van der Waals surface area contributed by atoms with E-state index in [0.717, 1.165) is 16.8 Å². The Balaban J connectivity index is 2.52. The molecule has 0 aliphatic carbocycles. The van der Waals surface area contributed by atoms with Crippen molar-refractivity contribution in [2.24, 2.45) is 0 Å². The average Bonchev–Trinajstić information content (AvgIpc) is 2.65. The maximum Gasteiger partial charge on any atom is 0.265 e. The van der Waals surface area contributed by atoms with Crippen molar-refractivity contribution < 1.29 is 8.42 Å². The quantitative estimate of drug-likeness (QED) is 0.754. The third kappa shape index (κ3) is 2.36. The minimum atomic E-state index is -3.76. The molecule has 1 aromatic heterocycles. The number of aromatic nitrogens is 2. The molecule has 0 fully saturated rings. The predicted molar refractivity (Wildman–Crippen MR) is 79.2 cm³/mol. The fraction of sp³-hybridized carbons (Fsp3) is 0.308. The van der Waals surface area contributed by atoms with Crippen LogP contribution in [0.5, 0.6) is 0 Å². The number of sulfonamides is 1. The van der Waals surface area contributed by atoms with Gasteiger partial charge in [0.1, 0.15) is 4.90 Å². The van der Waals surface area contributed by atoms with Gasteiger partial charge in [0.15, 0.2) is 5.82 Å². The zero-order chi connectivity index (χ0) is 15.1. The van der Waals surface area contributed by atoms with E-state index in [1.165, 1.54) is 0 Å². The summed E-state index contributed by atoms with van der Waals surface area (Å²) in [5.74, 6) is 0.294. The highest BCUT2D eigenvalue weighted by Crippen LogP contribution is 2.27. The second-order valence-electron chi connectivity index (χ2n) is 4.85. The van der Waals surface area contributed by atoms with Crippen LogP contribution >= 0.6 is 0 Å². The molecule has 0 saturated heterocycles. The van der Waals surface area contributed by atoms with Crippen molar-refractivity contribution in [1.29, 1.82) is 0 Å². The van der Waals surface area contributed by atoms with Crippen molar-refractivity contribution >= 4 is 21.5 Å². The average molecular weight is 294 g/mol. The fourth-order valence-corrected chi connectivity index (χ4v) is 3.43. The Morgan fingerprint density at radius 3 is 2.35 bits per heavy atom. The molecule has 0 spiro atoms. The van der Waals surface area contributed by atoms with Gasteiger partial charge in [0.25, 0.3) is 10.0 Å². The van der Waals surface area contributed by atoms with E-state index in [4.69, 9.17) is 5.73 Å². The lowest BCUT2D eigenvalue weighted by Gasteiger charge is -2.13. The second-order valence-corrected chi connectivity index (χ2v) is 6.47. The molecule has 0 radical (unpaired) electrons. The molecule has 2 rings (SSSR count). The Morgan fingerprint density at radius 1 is 1.15 bits per heavy atom. The van der Waals surface area contributed by atoms with E-state index in [0.29, 0.717) is 11.4 Å². The first-order valence-corrected chi connectivity index (χ1v) is 7.62. The van der Waals surface area contributed by atoms with Crippen LogP contribution in [0.25, 0.3) is 0 Å². The van der Waals surface area contributed by atoms with Gasteiger partial charge in [-0.05, 0) is 44.9 Å². The molecule has 108 valence electrons. The first-order valence-electron chi connectivity index (χ1n) is 6.14. The minimum absolute atomic E-state index is 0.109. The number of benzene rings is 1. The Morgan fingerprint density at radius 2 is 1.80 bits per heavy atom. The lowest BCUT2D eigenvalue weighted by atomic mass is 10.1. The zero-order valence-corrected chi connectivity index (χ0v) is 12.7. The predicted octanol–water partition coefficient (Wildman–Crippen LogP) is 2.03. The molecular weight excluding hydrogens is 276 g/mol. The van der Waals surface area contributed by atoms with Crippen LogP contribution in [-0.2, 0) is 10.0 Å². The van der Waals surface area contributed by atoms with Gasteiger partial charge in [-0.25, -0.2) is 8.42 Å². The van der Waals surface area contributed by atoms with E-state index in [-0.39, 0.29) is 10.6 Å². The van der Waals surface area contributed by atoms with E-state index in [1.54, 1.807) is 26.0 Å². The summed E-state index contributed by atoms with van der Waals surface area (Å²) in [5.41, 5.74) is 9.14. The second kappa shape index (κ2) is 4.82. The van der Waals surface area contributed by atoms with Gasteiger partial charge in [0.2, 0.25) is 0 Å². The van der Waals surface area contributed by atoms with Gasteiger partial charge in [-0.1, -0.05) is 6.07 Å². The Kier molecular flexibility index (Phi) is 3.47. The summed E-state index contributed by atoms with van der Waals surface area (Å²) < 4.78 is 27.5. The molecule has 0 aliphatic rings. The first-order chi connectivity index (χ1) is 9.24. The lowest BCUT2D eigenvalue weighted by molar-refractivity contribution is 0.600. The largest absolute Gasteiger partial charge is 0.398 e. The topological polar surface area (TPSA) is 101 Å². The molecule has 0 bridgehead atoms. The van der Waals surface area contributed by atoms with Crippen LogP contribution in [0.3, 0.4) is 0 Å². The van der Waals surface area contributed by atoms with Gasteiger partial charge >= 0.3 is 0 Å². The smallest absolute Gasteiger partial charge is 0.265 e. The number of rotatable bonds is 3. The molecule has 2 aromatic rings. The number of nitrogens with two attached hydrogens (primary N) is 1. The Labute approximate surface area is 118 Å². The molecule has 0 saturated carbocycles. The molecule has 0 aliphatic heterocycles. The van der Waals surface area contributed by atoms with Crippen LogP contribution in [-0.4, -0.2) is 18.6 Å². The molecule has 6 nitrogen and oxygen atoms in total. The minimum Gasteiger partial charge on any atom is -0.398 e. The molecule has 4 N–H and O–H groups in total. The number of hydrogen-bond donors (Lipinski definition) is 3. The maximum atomic E-state index is 12.5. The lowest BCUT2D eigenvalue weighted by Crippen LogP contribution is -2.17. The van der Waals surface area contributed by atoms with E-state index in [1.807, 2.05) is 13.8 Å². The van der Waals surface area contributed by atoms with E-state index < -0.39 is 10.0 Å². The number of H-pyrrole nitrogens is 1. The monoisotopic (exact) mass is 294 g/mol. The van der Waals surface area contributed by atoms with E-state index in [9.17, 15) is 8.42 Å². The van der Waals surface area contributed by atoms with E-state index >= 15 is 0 Å². The van der Waals surface area contributed by atoms with Crippen molar-refractivity contribution in [2.45, 2.75) is 32.6 Å². The van der Waals surface area contributed by atoms with Crippen LogP contribution in [0.4, 0.5) is 11.5 Å². The summed E-state index contributed by atoms with van der Waals surface area (Å²) in [6.45, 7) is 7.20. The molecule has 1 heterocycles. The molecule has 20 heavy (non-hydrogen) atoms. The fourth-order valence-electron chi connectivity index (χ4n) is 1.93. The highest BCUT2D eigenvalue weighted by Gasteiger charge is 2.23. The standard InChI is InChI=1S/C13H18N4O2S/c1-7-5-6-11(14)12(8(7)2)20(18,19)17-13-9(3)10(4)15-16-13/h5-6H,14H2,1-4H3,(H2,15,16,17). The summed E-state index contributed by atoms with van der Waals surface area (Å²) in [6.07, 6.45) is 0. The third-order valence-corrected chi connectivity index (χ3v) is 5.00. The van der Waals surface area contributed by atoms with Crippen molar-refractivity contribution in [2.75, 3.05) is 10.5 Å². The number of nitrogens with zero attached hydrogens (tertiary/aromatic N) is 1.